The lowest BCUT2D eigenvalue weighted by atomic mass is 9.80. The van der Waals surface area contributed by atoms with Crippen molar-refractivity contribution >= 4 is 37.6 Å². The van der Waals surface area contributed by atoms with Crippen LogP contribution in [0.3, 0.4) is 0 Å². The summed E-state index contributed by atoms with van der Waals surface area (Å²) in [5.41, 5.74) is 4.89. The average molecular weight is 490 g/mol. The first-order valence-corrected chi connectivity index (χ1v) is 12.8. The maximum absolute atomic E-state index is 14.0. The van der Waals surface area contributed by atoms with Gasteiger partial charge in [0.15, 0.2) is 0 Å². The van der Waals surface area contributed by atoms with E-state index in [9.17, 15) is 13.2 Å². The molecular weight excluding hydrogens is 463 g/mol. The number of hydrogen-bond donors (Lipinski definition) is 0. The highest BCUT2D eigenvalue weighted by atomic mass is 32.1. The highest BCUT2D eigenvalue weighted by molar-refractivity contribution is 7.26. The molecule has 0 amide bonds. The maximum atomic E-state index is 14.0. The summed E-state index contributed by atoms with van der Waals surface area (Å²) in [6, 6.07) is 9.47. The molecule has 2 aromatic carbocycles. The minimum absolute atomic E-state index is 0.242. The first kappa shape index (κ1) is 23.6. The number of benzene rings is 2. The van der Waals surface area contributed by atoms with Crippen LogP contribution in [0.1, 0.15) is 65.8 Å². The molecule has 0 unspecified atom stereocenters. The third-order valence-corrected chi connectivity index (χ3v) is 8.38. The molecule has 0 bridgehead atoms. The summed E-state index contributed by atoms with van der Waals surface area (Å²) in [6.45, 7) is 3.59. The number of rotatable bonds is 3. The van der Waals surface area contributed by atoms with Crippen LogP contribution in [0.4, 0.5) is 13.2 Å². The first-order valence-electron chi connectivity index (χ1n) is 11.9. The zero-order chi connectivity index (χ0) is 24.7. The van der Waals surface area contributed by atoms with Crippen molar-refractivity contribution in [3.05, 3.63) is 70.4 Å². The summed E-state index contributed by atoms with van der Waals surface area (Å²) in [4.78, 5) is 4.68. The molecule has 0 radical (unpaired) electrons. The lowest BCUT2D eigenvalue weighted by molar-refractivity contribution is -0.136. The average Bonchev–Trinajstić information content (AvgIpc) is 3.20. The molecule has 35 heavy (non-hydrogen) atoms. The second-order valence-electron chi connectivity index (χ2n) is 9.40. The van der Waals surface area contributed by atoms with Crippen molar-refractivity contribution in [3.63, 3.8) is 0 Å². The van der Waals surface area contributed by atoms with Crippen LogP contribution >= 0.6 is 11.3 Å². The third kappa shape index (κ3) is 4.25. The monoisotopic (exact) mass is 489 g/mol. The number of fused-ring (bicyclic) bond motifs is 3. The normalized spacial score (nSPS) is 15.3. The molecule has 1 nitrogen and oxygen atoms in total. The fourth-order valence-corrected chi connectivity index (χ4v) is 6.92. The number of pyridine rings is 1. The molecule has 0 saturated heterocycles. The van der Waals surface area contributed by atoms with Gasteiger partial charge in [0.1, 0.15) is 0 Å². The molecule has 0 atom stereocenters. The van der Waals surface area contributed by atoms with E-state index in [0.717, 1.165) is 45.3 Å². The van der Waals surface area contributed by atoms with E-state index < -0.39 is 11.7 Å². The summed E-state index contributed by atoms with van der Waals surface area (Å²) >= 11 is 1.19. The number of hydrogen-bond acceptors (Lipinski definition) is 2. The summed E-state index contributed by atoms with van der Waals surface area (Å²) in [5.74, 6) is 3.04. The Bertz CT molecular complexity index is 1490. The van der Waals surface area contributed by atoms with E-state index in [1.54, 1.807) is 24.4 Å². The summed E-state index contributed by atoms with van der Waals surface area (Å²) in [5, 5.41) is 1.44. The smallest absolute Gasteiger partial charge is 0.255 e. The van der Waals surface area contributed by atoms with Gasteiger partial charge in [0.25, 0.3) is 0 Å². The zero-order valence-corrected chi connectivity index (χ0v) is 20.6. The second kappa shape index (κ2) is 9.17. The van der Waals surface area contributed by atoms with Crippen LogP contribution in [0.5, 0.6) is 0 Å². The van der Waals surface area contributed by atoms with E-state index in [2.05, 4.69) is 30.0 Å². The quantitative estimate of drug-likeness (QED) is 0.261. The standard InChI is InChI=1S/C30H26F3NS/c1-4-5-11-22-19(3)16-21(17-25(22)20-9-7-6-8-10-20)27-29-24(14-15-34-27)23-13-12-18(2)26(28(23)35-29)30(31,32)33/h1,5,11-17,20H,6-10H2,2-3H3/b11-5-. The number of terminal acetylenes is 1. The predicted octanol–water partition coefficient (Wildman–Crippen LogP) is 9.45. The van der Waals surface area contributed by atoms with Gasteiger partial charge in [-0.3, -0.25) is 4.98 Å². The van der Waals surface area contributed by atoms with E-state index in [4.69, 9.17) is 6.42 Å². The van der Waals surface area contributed by atoms with Crippen molar-refractivity contribution in [2.75, 3.05) is 0 Å². The molecule has 178 valence electrons. The van der Waals surface area contributed by atoms with Crippen molar-refractivity contribution in [1.29, 1.82) is 0 Å². The van der Waals surface area contributed by atoms with Crippen LogP contribution in [-0.4, -0.2) is 4.98 Å². The molecule has 4 aromatic rings. The lowest BCUT2D eigenvalue weighted by Crippen LogP contribution is -2.07. The largest absolute Gasteiger partial charge is 0.418 e. The van der Waals surface area contributed by atoms with Gasteiger partial charge in [-0.1, -0.05) is 37.3 Å². The van der Waals surface area contributed by atoms with E-state index in [1.807, 2.05) is 12.1 Å². The van der Waals surface area contributed by atoms with Gasteiger partial charge in [-0.2, -0.15) is 13.2 Å². The van der Waals surface area contributed by atoms with Gasteiger partial charge in [0.05, 0.1) is 16.0 Å². The fraction of sp³-hybridized carbons (Fsp3) is 0.300. The second-order valence-corrected chi connectivity index (χ2v) is 10.4. The van der Waals surface area contributed by atoms with Gasteiger partial charge < -0.3 is 0 Å². The Morgan fingerprint density at radius 1 is 1.00 bits per heavy atom. The SMILES string of the molecule is C#C/C=C\c1c(C)cc(-c2nccc3c2sc2c(C(F)(F)F)c(C)ccc23)cc1C1CCCCC1. The molecule has 1 fully saturated rings. The van der Waals surface area contributed by atoms with E-state index in [-0.39, 0.29) is 10.3 Å². The topological polar surface area (TPSA) is 12.9 Å². The number of alkyl halides is 3. The minimum atomic E-state index is -4.41. The van der Waals surface area contributed by atoms with Gasteiger partial charge in [-0.05, 0) is 85.2 Å². The Kier molecular flexibility index (Phi) is 6.19. The number of aryl methyl sites for hydroxylation is 2. The summed E-state index contributed by atoms with van der Waals surface area (Å²) in [6.07, 6.45) is 12.5. The van der Waals surface area contributed by atoms with E-state index in [1.165, 1.54) is 43.1 Å². The van der Waals surface area contributed by atoms with Crippen molar-refractivity contribution < 1.29 is 13.2 Å². The number of nitrogens with zero attached hydrogens (tertiary/aromatic N) is 1. The minimum Gasteiger partial charge on any atom is -0.255 e. The van der Waals surface area contributed by atoms with Gasteiger partial charge in [0, 0.05) is 27.2 Å². The molecule has 5 heteroatoms. The maximum Gasteiger partial charge on any atom is 0.418 e. The lowest BCUT2D eigenvalue weighted by Gasteiger charge is -2.25. The number of thiophene rings is 1. The van der Waals surface area contributed by atoms with E-state index >= 15 is 0 Å². The highest BCUT2D eigenvalue weighted by Gasteiger charge is 2.35. The van der Waals surface area contributed by atoms with Gasteiger partial charge in [0.2, 0.25) is 0 Å². The van der Waals surface area contributed by atoms with Gasteiger partial charge in [-0.15, -0.1) is 17.8 Å². The van der Waals surface area contributed by atoms with Crippen LogP contribution in [0.25, 0.3) is 37.5 Å². The summed E-state index contributed by atoms with van der Waals surface area (Å²) < 4.78 is 42.9. The van der Waals surface area contributed by atoms with Crippen molar-refractivity contribution in [3.8, 4) is 23.6 Å². The number of halogens is 3. The molecule has 0 spiro atoms. The number of allylic oxidation sites excluding steroid dienone is 1. The van der Waals surface area contributed by atoms with Crippen molar-refractivity contribution in [1.82, 2.24) is 4.98 Å². The Hall–Kier alpha value is -3.10. The summed E-state index contributed by atoms with van der Waals surface area (Å²) in [7, 11) is 0. The number of aromatic nitrogens is 1. The Morgan fingerprint density at radius 2 is 1.74 bits per heavy atom. The van der Waals surface area contributed by atoms with Crippen LogP contribution in [-0.2, 0) is 6.18 Å². The zero-order valence-electron chi connectivity index (χ0n) is 19.8. The van der Waals surface area contributed by atoms with Crippen LogP contribution in [0.15, 0.2) is 42.6 Å². The molecular formula is C30H26F3NS. The van der Waals surface area contributed by atoms with Crippen molar-refractivity contribution in [2.24, 2.45) is 0 Å². The van der Waals surface area contributed by atoms with Crippen molar-refractivity contribution in [2.45, 2.75) is 58.0 Å². The molecule has 1 aliphatic rings. The predicted molar refractivity (Wildman–Crippen MR) is 141 cm³/mol. The molecule has 1 aliphatic carbocycles. The fourth-order valence-electron chi connectivity index (χ4n) is 5.50. The van der Waals surface area contributed by atoms with Crippen LogP contribution in [0, 0.1) is 26.2 Å². The molecule has 0 aliphatic heterocycles. The van der Waals surface area contributed by atoms with Crippen LogP contribution in [0.2, 0.25) is 0 Å². The molecule has 2 heterocycles. The van der Waals surface area contributed by atoms with Gasteiger partial charge >= 0.3 is 6.18 Å². The molecule has 5 rings (SSSR count). The molecule has 1 saturated carbocycles. The van der Waals surface area contributed by atoms with E-state index in [0.29, 0.717) is 11.3 Å². The Balaban J connectivity index is 1.76. The third-order valence-electron chi connectivity index (χ3n) is 7.13. The van der Waals surface area contributed by atoms with Gasteiger partial charge in [-0.25, -0.2) is 0 Å². The van der Waals surface area contributed by atoms with Crippen LogP contribution < -0.4 is 0 Å². The first-order chi connectivity index (χ1) is 16.8. The Labute approximate surface area is 207 Å². The molecule has 0 N–H and O–H groups in total. The molecule has 2 aromatic heterocycles. The highest BCUT2D eigenvalue weighted by Crippen LogP contribution is 2.46. The Morgan fingerprint density at radius 3 is 2.46 bits per heavy atom.